The second-order valence-corrected chi connectivity index (χ2v) is 8.81. The van der Waals surface area contributed by atoms with E-state index in [2.05, 4.69) is 21.2 Å². The number of anilines is 1. The van der Waals surface area contributed by atoms with Crippen LogP contribution in [-0.2, 0) is 14.4 Å². The summed E-state index contributed by atoms with van der Waals surface area (Å²) in [5, 5.41) is 2.87. The number of nitrogens with zero attached hydrogens (tertiary/aromatic N) is 1. The molecule has 3 aliphatic rings. The van der Waals surface area contributed by atoms with Gasteiger partial charge in [-0.3, -0.25) is 19.3 Å². The van der Waals surface area contributed by atoms with Crippen LogP contribution >= 0.6 is 15.9 Å². The number of hydrogen-bond donors (Lipinski definition) is 1. The van der Waals surface area contributed by atoms with Gasteiger partial charge in [0.1, 0.15) is 6.04 Å². The zero-order valence-corrected chi connectivity index (χ0v) is 16.8. The number of carbonyl (C=O) groups is 3. The van der Waals surface area contributed by atoms with Crippen molar-refractivity contribution in [2.45, 2.75) is 46.1 Å². The number of carbonyl (C=O) groups excluding carboxylic acids is 3. The van der Waals surface area contributed by atoms with Crippen LogP contribution in [0.5, 0.6) is 0 Å². The smallest absolute Gasteiger partial charge is 0.247 e. The fraction of sp³-hybridized carbons (Fsp3) is 0.550. The van der Waals surface area contributed by atoms with Crippen molar-refractivity contribution in [3.05, 3.63) is 27.7 Å². The summed E-state index contributed by atoms with van der Waals surface area (Å²) in [4.78, 5) is 39.7. The second-order valence-electron chi connectivity index (χ2n) is 8.02. The lowest BCUT2D eigenvalue weighted by Gasteiger charge is -2.24. The standard InChI is InChI=1S/C20H23BrN2O3/c1-9-6-14(7-10(2)17(9)21)22-18(24)11(3)23-19(25)15-12-4-5-13(8-12)16(15)20(23)26/h6-7,11-13,15-16H,4-5,8H2,1-3H3,(H,22,24)/t11-,12-,13+,15-,16+/m0/s1. The Bertz CT molecular complexity index is 770. The quantitative estimate of drug-likeness (QED) is 0.764. The summed E-state index contributed by atoms with van der Waals surface area (Å²) in [5.41, 5.74) is 2.72. The Kier molecular flexibility index (Phi) is 4.21. The number of benzene rings is 1. The third-order valence-corrected chi connectivity index (χ3v) is 7.68. The highest BCUT2D eigenvalue weighted by Gasteiger charge is 2.62. The van der Waals surface area contributed by atoms with E-state index in [1.165, 1.54) is 4.90 Å². The molecule has 138 valence electrons. The number of hydrogen-bond acceptors (Lipinski definition) is 3. The van der Waals surface area contributed by atoms with Gasteiger partial charge in [-0.05, 0) is 75.1 Å². The van der Waals surface area contributed by atoms with E-state index >= 15 is 0 Å². The van der Waals surface area contributed by atoms with Crippen molar-refractivity contribution in [2.24, 2.45) is 23.7 Å². The maximum absolute atomic E-state index is 12.9. The number of nitrogens with one attached hydrogen (secondary N) is 1. The molecule has 5 atom stereocenters. The fourth-order valence-corrected chi connectivity index (χ4v) is 5.42. The van der Waals surface area contributed by atoms with Crippen molar-refractivity contribution in [1.29, 1.82) is 0 Å². The Morgan fingerprint density at radius 1 is 1.12 bits per heavy atom. The molecule has 5 nitrogen and oxygen atoms in total. The van der Waals surface area contributed by atoms with Crippen LogP contribution < -0.4 is 5.32 Å². The summed E-state index contributed by atoms with van der Waals surface area (Å²) in [6.07, 6.45) is 3.08. The lowest BCUT2D eigenvalue weighted by Crippen LogP contribution is -2.46. The zero-order valence-electron chi connectivity index (χ0n) is 15.2. The summed E-state index contributed by atoms with van der Waals surface area (Å²) in [5.74, 6) is -0.310. The number of halogens is 1. The number of fused-ring (bicyclic) bond motifs is 5. The third kappa shape index (κ3) is 2.53. The molecule has 1 aromatic carbocycles. The van der Waals surface area contributed by atoms with E-state index in [9.17, 15) is 14.4 Å². The van der Waals surface area contributed by atoms with Crippen molar-refractivity contribution in [1.82, 2.24) is 4.90 Å². The topological polar surface area (TPSA) is 66.5 Å². The summed E-state index contributed by atoms with van der Waals surface area (Å²) < 4.78 is 1.01. The first-order valence-corrected chi connectivity index (χ1v) is 10.0. The maximum atomic E-state index is 12.9. The van der Waals surface area contributed by atoms with Gasteiger partial charge in [0.2, 0.25) is 17.7 Å². The highest BCUT2D eigenvalue weighted by Crippen LogP contribution is 2.56. The number of likely N-dealkylation sites (tertiary alicyclic amines) is 1. The number of rotatable bonds is 3. The van der Waals surface area contributed by atoms with Crippen molar-refractivity contribution in [3.8, 4) is 0 Å². The Balaban J connectivity index is 1.52. The van der Waals surface area contributed by atoms with E-state index in [1.807, 2.05) is 26.0 Å². The van der Waals surface area contributed by atoms with Crippen LogP contribution in [0.25, 0.3) is 0 Å². The van der Waals surface area contributed by atoms with Gasteiger partial charge in [0.05, 0.1) is 11.8 Å². The minimum atomic E-state index is -0.788. The minimum Gasteiger partial charge on any atom is -0.324 e. The Labute approximate surface area is 161 Å². The first-order valence-electron chi connectivity index (χ1n) is 9.24. The number of amides is 3. The maximum Gasteiger partial charge on any atom is 0.247 e. The van der Waals surface area contributed by atoms with Crippen LogP contribution in [0.2, 0.25) is 0 Å². The van der Waals surface area contributed by atoms with Gasteiger partial charge in [0.15, 0.2) is 0 Å². The molecule has 26 heavy (non-hydrogen) atoms. The van der Waals surface area contributed by atoms with Crippen LogP contribution in [0.3, 0.4) is 0 Å². The molecule has 2 aliphatic carbocycles. The molecule has 6 heteroatoms. The Morgan fingerprint density at radius 2 is 1.62 bits per heavy atom. The largest absolute Gasteiger partial charge is 0.324 e. The molecule has 3 fully saturated rings. The molecule has 1 aromatic rings. The SMILES string of the molecule is Cc1cc(NC(=O)[C@H](C)N2C(=O)[C@@H]3[C@@H]4CC[C@@H](C4)[C@@H]3C2=O)cc(C)c1Br. The van der Waals surface area contributed by atoms with Gasteiger partial charge in [-0.15, -0.1) is 0 Å². The first-order chi connectivity index (χ1) is 12.3. The van der Waals surface area contributed by atoms with Crippen molar-refractivity contribution >= 4 is 39.3 Å². The third-order valence-electron chi connectivity index (χ3n) is 6.43. The average molecular weight is 419 g/mol. The molecule has 1 heterocycles. The highest BCUT2D eigenvalue weighted by molar-refractivity contribution is 9.10. The predicted molar refractivity (Wildman–Crippen MR) is 101 cm³/mol. The molecule has 2 bridgehead atoms. The van der Waals surface area contributed by atoms with Crippen molar-refractivity contribution in [3.63, 3.8) is 0 Å². The van der Waals surface area contributed by atoms with E-state index in [0.717, 1.165) is 34.9 Å². The number of imide groups is 1. The highest BCUT2D eigenvalue weighted by atomic mass is 79.9. The molecule has 0 radical (unpaired) electrons. The van der Waals surface area contributed by atoms with Gasteiger partial charge in [0.25, 0.3) is 0 Å². The van der Waals surface area contributed by atoms with Gasteiger partial charge < -0.3 is 5.32 Å². The van der Waals surface area contributed by atoms with Crippen molar-refractivity contribution in [2.75, 3.05) is 5.32 Å². The summed E-state index contributed by atoms with van der Waals surface area (Å²) in [7, 11) is 0. The van der Waals surface area contributed by atoms with E-state index in [0.29, 0.717) is 17.5 Å². The lowest BCUT2D eigenvalue weighted by atomic mass is 9.81. The average Bonchev–Trinajstić information content (AvgIpc) is 3.26. The summed E-state index contributed by atoms with van der Waals surface area (Å²) >= 11 is 3.51. The molecule has 4 rings (SSSR count). The molecule has 1 saturated heterocycles. The van der Waals surface area contributed by atoms with E-state index < -0.39 is 6.04 Å². The van der Waals surface area contributed by atoms with E-state index in [-0.39, 0.29) is 29.6 Å². The fourth-order valence-electron chi connectivity index (χ4n) is 5.20. The second kappa shape index (κ2) is 6.19. The molecular formula is C20H23BrN2O3. The van der Waals surface area contributed by atoms with Crippen LogP contribution in [0.4, 0.5) is 5.69 Å². The van der Waals surface area contributed by atoms with E-state index in [4.69, 9.17) is 0 Å². The normalized spacial score (nSPS) is 30.7. The predicted octanol–water partition coefficient (Wildman–Crippen LogP) is 3.42. The molecule has 1 aliphatic heterocycles. The minimum absolute atomic E-state index is 0.141. The molecule has 0 unspecified atom stereocenters. The van der Waals surface area contributed by atoms with Gasteiger partial charge >= 0.3 is 0 Å². The molecular weight excluding hydrogens is 396 g/mol. The first kappa shape index (κ1) is 17.7. The van der Waals surface area contributed by atoms with E-state index in [1.54, 1.807) is 6.92 Å². The molecule has 0 spiro atoms. The van der Waals surface area contributed by atoms with Crippen LogP contribution in [0.15, 0.2) is 16.6 Å². The van der Waals surface area contributed by atoms with Gasteiger partial charge in [-0.25, -0.2) is 0 Å². The Morgan fingerprint density at radius 3 is 2.12 bits per heavy atom. The molecule has 1 N–H and O–H groups in total. The monoisotopic (exact) mass is 418 g/mol. The van der Waals surface area contributed by atoms with Crippen LogP contribution in [0.1, 0.15) is 37.3 Å². The van der Waals surface area contributed by atoms with Crippen molar-refractivity contribution < 1.29 is 14.4 Å². The van der Waals surface area contributed by atoms with Crippen LogP contribution in [0, 0.1) is 37.5 Å². The Hall–Kier alpha value is -1.69. The molecule has 2 saturated carbocycles. The van der Waals surface area contributed by atoms with Crippen LogP contribution in [-0.4, -0.2) is 28.7 Å². The molecule has 0 aromatic heterocycles. The summed E-state index contributed by atoms with van der Waals surface area (Å²) in [6, 6.07) is 2.97. The molecule has 3 amide bonds. The number of aryl methyl sites for hydroxylation is 2. The summed E-state index contributed by atoms with van der Waals surface area (Å²) in [6.45, 7) is 5.56. The van der Waals surface area contributed by atoms with Gasteiger partial charge in [0, 0.05) is 10.2 Å². The van der Waals surface area contributed by atoms with Gasteiger partial charge in [-0.2, -0.15) is 0 Å². The lowest BCUT2D eigenvalue weighted by molar-refractivity contribution is -0.146. The zero-order chi connectivity index (χ0) is 18.7. The van der Waals surface area contributed by atoms with Gasteiger partial charge in [-0.1, -0.05) is 15.9 Å².